The molecule has 0 heterocycles. The van der Waals surface area contributed by atoms with Gasteiger partial charge in [0, 0.05) is 6.61 Å². The average Bonchev–Trinajstić information content (AvgIpc) is 2.56. The standard InChI is InChI=1S/C21H54O7Si5/c1-12-13-14-17-33(11,27-31(8,9)25-29(2,3)4)28-32(10,26-30(5,6)7)18-15-16-24-20-21(23)19-22/h21-23H,12-20H2,1-11H3. The molecule has 3 atom stereocenters. The van der Waals surface area contributed by atoms with Gasteiger partial charge in [0.05, 0.1) is 13.2 Å². The predicted octanol–water partition coefficient (Wildman–Crippen LogP) is 5.52. The maximum atomic E-state index is 9.49. The summed E-state index contributed by atoms with van der Waals surface area (Å²) in [5, 5.41) is 18.4. The molecule has 0 fully saturated rings. The first-order valence-corrected chi connectivity index (χ1v) is 27.2. The van der Waals surface area contributed by atoms with Gasteiger partial charge in [0.25, 0.3) is 0 Å². The van der Waals surface area contributed by atoms with E-state index in [-0.39, 0.29) is 13.2 Å². The molecule has 12 heteroatoms. The Bertz CT molecular complexity index is 542. The molecule has 0 bridgehead atoms. The summed E-state index contributed by atoms with van der Waals surface area (Å²) in [6, 6.07) is 1.76. The van der Waals surface area contributed by atoms with Crippen LogP contribution in [0.2, 0.25) is 77.6 Å². The van der Waals surface area contributed by atoms with Crippen molar-refractivity contribution in [3.05, 3.63) is 0 Å². The number of ether oxygens (including phenoxy) is 1. The van der Waals surface area contributed by atoms with Gasteiger partial charge in [-0.3, -0.25) is 0 Å². The summed E-state index contributed by atoms with van der Waals surface area (Å²) >= 11 is 0. The molecule has 0 aliphatic rings. The molecule has 0 saturated carbocycles. The van der Waals surface area contributed by atoms with Crippen molar-refractivity contribution in [2.24, 2.45) is 0 Å². The summed E-state index contributed by atoms with van der Waals surface area (Å²) < 4.78 is 32.7. The highest BCUT2D eigenvalue weighted by Crippen LogP contribution is 2.32. The van der Waals surface area contributed by atoms with Gasteiger partial charge in [-0.15, -0.1) is 0 Å². The van der Waals surface area contributed by atoms with Crippen molar-refractivity contribution in [3.63, 3.8) is 0 Å². The summed E-state index contributed by atoms with van der Waals surface area (Å²) in [5.41, 5.74) is 0. The van der Waals surface area contributed by atoms with Gasteiger partial charge >= 0.3 is 25.7 Å². The van der Waals surface area contributed by atoms with Crippen molar-refractivity contribution in [3.8, 4) is 0 Å². The molecule has 0 saturated heterocycles. The Morgan fingerprint density at radius 3 is 1.67 bits per heavy atom. The molecule has 0 amide bonds. The third-order valence-electron chi connectivity index (χ3n) is 4.64. The SMILES string of the molecule is CCCCC[Si](C)(O[Si](C)(C)O[Si](C)(C)C)O[Si](C)(CCCOCC(O)CO)O[Si](C)(C)C. The first kappa shape index (κ1) is 33.8. The van der Waals surface area contributed by atoms with Crippen molar-refractivity contribution >= 4 is 42.3 Å². The molecule has 7 nitrogen and oxygen atoms in total. The largest absolute Gasteiger partial charge is 0.437 e. The Balaban J connectivity index is 5.53. The Morgan fingerprint density at radius 2 is 1.18 bits per heavy atom. The summed E-state index contributed by atoms with van der Waals surface area (Å²) in [5.74, 6) is 0. The number of hydrogen-bond acceptors (Lipinski definition) is 7. The fourth-order valence-electron chi connectivity index (χ4n) is 4.09. The van der Waals surface area contributed by atoms with Crippen LogP contribution in [-0.4, -0.2) is 78.5 Å². The molecule has 33 heavy (non-hydrogen) atoms. The lowest BCUT2D eigenvalue weighted by Gasteiger charge is -2.44. The van der Waals surface area contributed by atoms with Crippen LogP contribution in [0.3, 0.4) is 0 Å². The van der Waals surface area contributed by atoms with Gasteiger partial charge in [-0.1, -0.05) is 26.2 Å². The minimum absolute atomic E-state index is 0.144. The van der Waals surface area contributed by atoms with Gasteiger partial charge < -0.3 is 31.4 Å². The fourth-order valence-corrected chi connectivity index (χ4v) is 27.9. The minimum atomic E-state index is -2.55. The smallest absolute Gasteiger partial charge is 0.317 e. The Labute approximate surface area is 209 Å². The van der Waals surface area contributed by atoms with Crippen molar-refractivity contribution in [2.45, 2.75) is 116 Å². The number of unbranched alkanes of at least 4 members (excludes halogenated alkanes) is 2. The molecule has 0 aromatic carbocycles. The third kappa shape index (κ3) is 17.8. The fraction of sp³-hybridized carbons (Fsp3) is 1.00. The molecule has 0 radical (unpaired) electrons. The number of hydrogen-bond donors (Lipinski definition) is 2. The Kier molecular flexibility index (Phi) is 14.9. The zero-order valence-corrected chi connectivity index (χ0v) is 28.4. The van der Waals surface area contributed by atoms with E-state index in [1.54, 1.807) is 0 Å². The molecule has 0 aliphatic carbocycles. The molecular weight excluding hydrogens is 505 g/mol. The second-order valence-electron chi connectivity index (χ2n) is 11.8. The van der Waals surface area contributed by atoms with E-state index in [4.69, 9.17) is 26.3 Å². The highest BCUT2D eigenvalue weighted by atomic mass is 28.5. The number of rotatable bonds is 19. The molecule has 0 aromatic heterocycles. The van der Waals surface area contributed by atoms with Crippen molar-refractivity contribution < 1.29 is 31.4 Å². The quantitative estimate of drug-likeness (QED) is 0.159. The highest BCUT2D eigenvalue weighted by molar-refractivity contribution is 6.90. The first-order chi connectivity index (χ1) is 14.8. The first-order valence-electron chi connectivity index (χ1n) is 12.5. The van der Waals surface area contributed by atoms with E-state index in [0.29, 0.717) is 6.61 Å². The van der Waals surface area contributed by atoms with Crippen LogP contribution in [0.1, 0.15) is 32.6 Å². The maximum absolute atomic E-state index is 9.49. The molecule has 3 unspecified atom stereocenters. The second kappa shape index (κ2) is 14.5. The lowest BCUT2D eigenvalue weighted by atomic mass is 10.3. The molecule has 2 N–H and O–H groups in total. The zero-order chi connectivity index (χ0) is 26.0. The van der Waals surface area contributed by atoms with E-state index in [1.807, 2.05) is 0 Å². The van der Waals surface area contributed by atoms with Gasteiger partial charge in [0.2, 0.25) is 0 Å². The van der Waals surface area contributed by atoms with Crippen molar-refractivity contribution in [1.29, 1.82) is 0 Å². The van der Waals surface area contributed by atoms with Crippen molar-refractivity contribution in [1.82, 2.24) is 0 Å². The monoisotopic (exact) mass is 558 g/mol. The summed E-state index contributed by atoms with van der Waals surface area (Å²) in [7, 11) is -11.0. The summed E-state index contributed by atoms with van der Waals surface area (Å²) in [4.78, 5) is 0. The third-order valence-corrected chi connectivity index (χ3v) is 22.9. The topological polar surface area (TPSA) is 86.6 Å². The molecule has 0 aliphatic heterocycles. The van der Waals surface area contributed by atoms with Crippen LogP contribution in [0.15, 0.2) is 0 Å². The van der Waals surface area contributed by atoms with Gasteiger partial charge in [0.1, 0.15) is 6.10 Å². The summed E-state index contributed by atoms with van der Waals surface area (Å²) in [6.45, 7) is 24.5. The van der Waals surface area contributed by atoms with E-state index in [2.05, 4.69) is 72.4 Å². The second-order valence-corrected chi connectivity index (χ2v) is 31.8. The van der Waals surface area contributed by atoms with Gasteiger partial charge in [0.15, 0.2) is 16.6 Å². The van der Waals surface area contributed by atoms with E-state index in [0.717, 1.165) is 31.4 Å². The zero-order valence-electron chi connectivity index (χ0n) is 23.4. The predicted molar refractivity (Wildman–Crippen MR) is 149 cm³/mol. The van der Waals surface area contributed by atoms with Crippen LogP contribution < -0.4 is 0 Å². The molecule has 0 rings (SSSR count). The highest BCUT2D eigenvalue weighted by Gasteiger charge is 2.48. The van der Waals surface area contributed by atoms with Crippen molar-refractivity contribution in [2.75, 3.05) is 19.8 Å². The van der Waals surface area contributed by atoms with Crippen LogP contribution >= 0.6 is 0 Å². The molecular formula is C21H54O7Si5. The molecule has 0 spiro atoms. The lowest BCUT2D eigenvalue weighted by molar-refractivity contribution is 0.00623. The van der Waals surface area contributed by atoms with Crippen LogP contribution in [0, 0.1) is 0 Å². The van der Waals surface area contributed by atoms with E-state index < -0.39 is 48.4 Å². The normalized spacial score (nSPS) is 18.1. The van der Waals surface area contributed by atoms with E-state index in [9.17, 15) is 5.11 Å². The Morgan fingerprint density at radius 1 is 0.667 bits per heavy atom. The lowest BCUT2D eigenvalue weighted by Crippen LogP contribution is -2.60. The average molecular weight is 559 g/mol. The maximum Gasteiger partial charge on any atom is 0.317 e. The van der Waals surface area contributed by atoms with Gasteiger partial charge in [-0.05, 0) is 84.0 Å². The van der Waals surface area contributed by atoms with E-state index in [1.165, 1.54) is 6.42 Å². The van der Waals surface area contributed by atoms with Gasteiger partial charge in [-0.2, -0.15) is 0 Å². The van der Waals surface area contributed by atoms with Crippen LogP contribution in [0.5, 0.6) is 0 Å². The minimum Gasteiger partial charge on any atom is -0.437 e. The van der Waals surface area contributed by atoms with Crippen LogP contribution in [0.4, 0.5) is 0 Å². The molecule has 200 valence electrons. The molecule has 0 aromatic rings. The van der Waals surface area contributed by atoms with Gasteiger partial charge in [-0.25, -0.2) is 0 Å². The van der Waals surface area contributed by atoms with E-state index >= 15 is 0 Å². The Hall–Kier alpha value is 0.804. The van der Waals surface area contributed by atoms with Crippen LogP contribution in [-0.2, 0) is 21.2 Å². The summed E-state index contributed by atoms with van der Waals surface area (Å²) in [6.07, 6.45) is 3.38. The number of aliphatic hydroxyl groups is 2. The number of aliphatic hydroxyl groups excluding tert-OH is 2. The van der Waals surface area contributed by atoms with Crippen LogP contribution in [0.25, 0.3) is 0 Å².